The molecule has 1 amide bonds. The lowest BCUT2D eigenvalue weighted by Crippen LogP contribution is -2.21. The summed E-state index contributed by atoms with van der Waals surface area (Å²) in [6, 6.07) is 9.09. The Morgan fingerprint density at radius 3 is 2.52 bits per heavy atom. The SMILES string of the molecule is CSc1ccc([N+](=O)[O-])c(C(=O)OCC(=O)Nc2ccc(F)cc2)c1. The standard InChI is InChI=1S/C16H13FN2O5S/c1-25-12-6-7-14(19(22)23)13(8-12)16(21)24-9-15(20)18-11-4-2-10(17)3-5-11/h2-8H,9H2,1H3,(H,18,20). The maximum absolute atomic E-state index is 12.8. The van der Waals surface area contributed by atoms with E-state index in [1.165, 1.54) is 54.2 Å². The summed E-state index contributed by atoms with van der Waals surface area (Å²) in [4.78, 5) is 34.8. The zero-order valence-electron chi connectivity index (χ0n) is 13.0. The highest BCUT2D eigenvalue weighted by Crippen LogP contribution is 2.25. The number of rotatable bonds is 6. The van der Waals surface area contributed by atoms with E-state index in [0.29, 0.717) is 10.6 Å². The smallest absolute Gasteiger partial charge is 0.345 e. The zero-order valence-corrected chi connectivity index (χ0v) is 13.8. The number of thioether (sulfide) groups is 1. The zero-order chi connectivity index (χ0) is 18.4. The summed E-state index contributed by atoms with van der Waals surface area (Å²) in [5, 5.41) is 13.4. The minimum absolute atomic E-state index is 0.230. The van der Waals surface area contributed by atoms with Gasteiger partial charge in [0.15, 0.2) is 6.61 Å². The molecule has 130 valence electrons. The molecule has 0 fully saturated rings. The van der Waals surface area contributed by atoms with Gasteiger partial charge in [-0.15, -0.1) is 11.8 Å². The molecular formula is C16H13FN2O5S. The number of carbonyl (C=O) groups is 2. The number of benzene rings is 2. The van der Waals surface area contributed by atoms with E-state index in [1.807, 2.05) is 0 Å². The van der Waals surface area contributed by atoms with E-state index in [9.17, 15) is 24.1 Å². The van der Waals surface area contributed by atoms with Gasteiger partial charge in [0.2, 0.25) is 0 Å². The predicted octanol–water partition coefficient (Wildman–Crippen LogP) is 3.25. The van der Waals surface area contributed by atoms with Crippen molar-refractivity contribution >= 4 is 35.0 Å². The second-order valence-electron chi connectivity index (χ2n) is 4.77. The maximum Gasteiger partial charge on any atom is 0.345 e. The molecule has 0 aliphatic carbocycles. The monoisotopic (exact) mass is 364 g/mol. The Bertz CT molecular complexity index is 811. The van der Waals surface area contributed by atoms with Gasteiger partial charge in [-0.3, -0.25) is 14.9 Å². The van der Waals surface area contributed by atoms with Crippen molar-refractivity contribution in [3.63, 3.8) is 0 Å². The van der Waals surface area contributed by atoms with Crippen LogP contribution in [0.2, 0.25) is 0 Å². The van der Waals surface area contributed by atoms with Crippen molar-refractivity contribution in [2.24, 2.45) is 0 Å². The highest BCUT2D eigenvalue weighted by atomic mass is 32.2. The van der Waals surface area contributed by atoms with Gasteiger partial charge in [0.25, 0.3) is 11.6 Å². The molecule has 7 nitrogen and oxygen atoms in total. The number of nitro benzene ring substituents is 1. The molecule has 2 rings (SSSR count). The first-order chi connectivity index (χ1) is 11.9. The summed E-state index contributed by atoms with van der Waals surface area (Å²) < 4.78 is 17.6. The van der Waals surface area contributed by atoms with Crippen LogP contribution in [0.15, 0.2) is 47.4 Å². The molecule has 0 radical (unpaired) electrons. The van der Waals surface area contributed by atoms with Crippen LogP contribution in [0.4, 0.5) is 15.8 Å². The van der Waals surface area contributed by atoms with Gasteiger partial charge in [0, 0.05) is 16.6 Å². The first-order valence-corrected chi connectivity index (χ1v) is 8.18. The molecule has 0 bridgehead atoms. The van der Waals surface area contributed by atoms with Crippen LogP contribution in [-0.2, 0) is 9.53 Å². The fourth-order valence-corrected chi connectivity index (χ4v) is 2.34. The van der Waals surface area contributed by atoms with Crippen LogP contribution < -0.4 is 5.32 Å². The Morgan fingerprint density at radius 1 is 1.24 bits per heavy atom. The molecule has 2 aromatic carbocycles. The van der Waals surface area contributed by atoms with Crippen molar-refractivity contribution in [3.8, 4) is 0 Å². The molecule has 0 aliphatic rings. The van der Waals surface area contributed by atoms with Crippen molar-refractivity contribution in [3.05, 3.63) is 64.0 Å². The largest absolute Gasteiger partial charge is 0.452 e. The highest BCUT2D eigenvalue weighted by molar-refractivity contribution is 7.98. The number of ether oxygens (including phenoxy) is 1. The molecule has 0 aromatic heterocycles. The van der Waals surface area contributed by atoms with Crippen molar-refractivity contribution in [1.82, 2.24) is 0 Å². The topological polar surface area (TPSA) is 98.5 Å². The molecule has 2 aromatic rings. The summed E-state index contributed by atoms with van der Waals surface area (Å²) in [5.74, 6) is -2.08. The van der Waals surface area contributed by atoms with Gasteiger partial charge in [-0.2, -0.15) is 0 Å². The lowest BCUT2D eigenvalue weighted by Gasteiger charge is -2.08. The second-order valence-corrected chi connectivity index (χ2v) is 5.65. The van der Waals surface area contributed by atoms with Crippen LogP contribution in [0.3, 0.4) is 0 Å². The van der Waals surface area contributed by atoms with Crippen LogP contribution in [0.1, 0.15) is 10.4 Å². The number of amides is 1. The number of nitro groups is 1. The molecule has 0 saturated heterocycles. The van der Waals surface area contributed by atoms with E-state index in [1.54, 1.807) is 6.26 Å². The first-order valence-electron chi connectivity index (χ1n) is 6.95. The summed E-state index contributed by atoms with van der Waals surface area (Å²) >= 11 is 1.31. The lowest BCUT2D eigenvalue weighted by molar-refractivity contribution is -0.385. The quantitative estimate of drug-likeness (QED) is 0.366. The number of hydrogen-bond donors (Lipinski definition) is 1. The third-order valence-corrected chi connectivity index (χ3v) is 3.81. The molecule has 0 heterocycles. The second kappa shape index (κ2) is 8.25. The van der Waals surface area contributed by atoms with Gasteiger partial charge in [0.05, 0.1) is 4.92 Å². The van der Waals surface area contributed by atoms with Gasteiger partial charge in [-0.1, -0.05) is 0 Å². The maximum atomic E-state index is 12.8. The van der Waals surface area contributed by atoms with Crippen molar-refractivity contribution in [2.45, 2.75) is 4.90 Å². The van der Waals surface area contributed by atoms with Crippen LogP contribution in [0.25, 0.3) is 0 Å². The summed E-state index contributed by atoms with van der Waals surface area (Å²) in [6.45, 7) is -0.628. The Morgan fingerprint density at radius 2 is 1.92 bits per heavy atom. The van der Waals surface area contributed by atoms with E-state index < -0.39 is 34.9 Å². The number of nitrogens with one attached hydrogen (secondary N) is 1. The summed E-state index contributed by atoms with van der Waals surface area (Å²) in [5.41, 5.74) is -0.300. The van der Waals surface area contributed by atoms with Gasteiger partial charge in [-0.25, -0.2) is 9.18 Å². The number of carbonyl (C=O) groups excluding carboxylic acids is 2. The number of halogens is 1. The number of nitrogens with zero attached hydrogens (tertiary/aromatic N) is 1. The minimum atomic E-state index is -0.975. The normalized spacial score (nSPS) is 10.2. The average molecular weight is 364 g/mol. The molecule has 0 spiro atoms. The third-order valence-electron chi connectivity index (χ3n) is 3.08. The molecule has 25 heavy (non-hydrogen) atoms. The van der Waals surface area contributed by atoms with Crippen LogP contribution in [-0.4, -0.2) is 29.7 Å². The third kappa shape index (κ3) is 5.01. The number of esters is 1. The van der Waals surface area contributed by atoms with E-state index >= 15 is 0 Å². The predicted molar refractivity (Wildman–Crippen MR) is 90.2 cm³/mol. The summed E-state index contributed by atoms with van der Waals surface area (Å²) in [7, 11) is 0. The van der Waals surface area contributed by atoms with Crippen molar-refractivity contribution in [2.75, 3.05) is 18.2 Å². The average Bonchev–Trinajstić information content (AvgIpc) is 2.61. The van der Waals surface area contributed by atoms with Crippen molar-refractivity contribution in [1.29, 1.82) is 0 Å². The van der Waals surface area contributed by atoms with E-state index in [4.69, 9.17) is 4.74 Å². The number of hydrogen-bond acceptors (Lipinski definition) is 6. The fourth-order valence-electron chi connectivity index (χ4n) is 1.90. The lowest BCUT2D eigenvalue weighted by atomic mass is 10.2. The minimum Gasteiger partial charge on any atom is -0.452 e. The molecular weight excluding hydrogens is 351 g/mol. The van der Waals surface area contributed by atoms with Crippen LogP contribution in [0, 0.1) is 15.9 Å². The summed E-state index contributed by atoms with van der Waals surface area (Å²) in [6.07, 6.45) is 1.76. The van der Waals surface area contributed by atoms with E-state index in [0.717, 1.165) is 0 Å². The Labute approximate surface area is 146 Å². The van der Waals surface area contributed by atoms with E-state index in [2.05, 4.69) is 5.32 Å². The van der Waals surface area contributed by atoms with Gasteiger partial charge in [0.1, 0.15) is 11.4 Å². The van der Waals surface area contributed by atoms with Gasteiger partial charge >= 0.3 is 5.97 Å². The number of anilines is 1. The molecule has 0 atom stereocenters. The fraction of sp³-hybridized carbons (Fsp3) is 0.125. The first kappa shape index (κ1) is 18.4. The van der Waals surface area contributed by atoms with Crippen LogP contribution in [0.5, 0.6) is 0 Å². The molecule has 0 unspecified atom stereocenters. The van der Waals surface area contributed by atoms with Crippen LogP contribution >= 0.6 is 11.8 Å². The van der Waals surface area contributed by atoms with Gasteiger partial charge < -0.3 is 10.1 Å². The van der Waals surface area contributed by atoms with Crippen molar-refractivity contribution < 1.29 is 23.6 Å². The Kier molecular flexibility index (Phi) is 6.07. The Balaban J connectivity index is 2.03. The Hall–Kier alpha value is -2.94. The molecule has 1 N–H and O–H groups in total. The molecule has 0 aliphatic heterocycles. The molecule has 9 heteroatoms. The molecule has 0 saturated carbocycles. The van der Waals surface area contributed by atoms with E-state index in [-0.39, 0.29) is 5.56 Å². The van der Waals surface area contributed by atoms with Gasteiger partial charge in [-0.05, 0) is 42.7 Å². The highest BCUT2D eigenvalue weighted by Gasteiger charge is 2.22.